The molecule has 0 fully saturated rings. The standard InChI is InChI=1S/C20H25FN2O/c1-14(2)18-7-5-6-15(3)20(18)22-19(24)13-23(4)12-16-8-10-17(21)11-9-16/h5-11,14H,12-13H2,1-4H3,(H,22,24)/p+1. The van der Waals surface area contributed by atoms with Gasteiger partial charge in [-0.3, -0.25) is 4.79 Å². The second-order valence-electron chi connectivity index (χ2n) is 6.68. The van der Waals surface area contributed by atoms with Crippen molar-refractivity contribution in [1.82, 2.24) is 0 Å². The number of para-hydroxylation sites is 1. The van der Waals surface area contributed by atoms with Gasteiger partial charge >= 0.3 is 0 Å². The molecule has 0 aliphatic carbocycles. The van der Waals surface area contributed by atoms with E-state index in [0.717, 1.165) is 27.3 Å². The molecule has 0 saturated carbocycles. The first-order valence-electron chi connectivity index (χ1n) is 8.32. The summed E-state index contributed by atoms with van der Waals surface area (Å²) in [4.78, 5) is 13.5. The molecular formula is C20H26FN2O+. The number of amides is 1. The number of rotatable bonds is 6. The summed E-state index contributed by atoms with van der Waals surface area (Å²) >= 11 is 0. The van der Waals surface area contributed by atoms with Crippen LogP contribution >= 0.6 is 0 Å². The fourth-order valence-corrected chi connectivity index (χ4v) is 2.81. The highest BCUT2D eigenvalue weighted by Gasteiger charge is 2.15. The maximum Gasteiger partial charge on any atom is 0.279 e. The lowest BCUT2D eigenvalue weighted by Gasteiger charge is -2.18. The molecule has 128 valence electrons. The summed E-state index contributed by atoms with van der Waals surface area (Å²) < 4.78 is 12.9. The highest BCUT2D eigenvalue weighted by Crippen LogP contribution is 2.27. The number of hydrogen-bond acceptors (Lipinski definition) is 1. The van der Waals surface area contributed by atoms with Gasteiger partial charge in [-0.2, -0.15) is 0 Å². The third kappa shape index (κ3) is 4.90. The van der Waals surface area contributed by atoms with E-state index < -0.39 is 0 Å². The Balaban J connectivity index is 1.99. The number of aryl methyl sites for hydroxylation is 1. The molecule has 0 aromatic heterocycles. The van der Waals surface area contributed by atoms with Crippen molar-refractivity contribution in [3.63, 3.8) is 0 Å². The molecule has 24 heavy (non-hydrogen) atoms. The van der Waals surface area contributed by atoms with Crippen LogP contribution in [-0.2, 0) is 11.3 Å². The lowest BCUT2D eigenvalue weighted by Crippen LogP contribution is -3.08. The van der Waals surface area contributed by atoms with Gasteiger partial charge in [0.05, 0.1) is 7.05 Å². The zero-order valence-corrected chi connectivity index (χ0v) is 14.8. The number of halogens is 1. The second-order valence-corrected chi connectivity index (χ2v) is 6.68. The van der Waals surface area contributed by atoms with Crippen molar-refractivity contribution in [3.05, 3.63) is 65.0 Å². The van der Waals surface area contributed by atoms with Crippen LogP contribution < -0.4 is 10.2 Å². The van der Waals surface area contributed by atoms with Gasteiger partial charge < -0.3 is 10.2 Å². The number of carbonyl (C=O) groups is 1. The van der Waals surface area contributed by atoms with Gasteiger partial charge in [0.2, 0.25) is 0 Å². The number of benzene rings is 2. The van der Waals surface area contributed by atoms with Crippen LogP contribution in [0.15, 0.2) is 42.5 Å². The van der Waals surface area contributed by atoms with Crippen molar-refractivity contribution in [2.75, 3.05) is 18.9 Å². The van der Waals surface area contributed by atoms with E-state index in [1.807, 2.05) is 26.1 Å². The van der Waals surface area contributed by atoms with Crippen LogP contribution in [0, 0.1) is 12.7 Å². The van der Waals surface area contributed by atoms with E-state index >= 15 is 0 Å². The van der Waals surface area contributed by atoms with Gasteiger partial charge in [0.1, 0.15) is 12.4 Å². The van der Waals surface area contributed by atoms with Crippen LogP contribution in [0.2, 0.25) is 0 Å². The number of quaternary nitrogens is 1. The molecule has 0 bridgehead atoms. The Bertz CT molecular complexity index is 695. The third-order valence-corrected chi connectivity index (χ3v) is 4.07. The maximum absolute atomic E-state index is 12.9. The monoisotopic (exact) mass is 329 g/mol. The lowest BCUT2D eigenvalue weighted by atomic mass is 9.98. The van der Waals surface area contributed by atoms with Crippen molar-refractivity contribution in [2.24, 2.45) is 0 Å². The maximum atomic E-state index is 12.9. The molecule has 0 heterocycles. The third-order valence-electron chi connectivity index (χ3n) is 4.07. The number of hydrogen-bond donors (Lipinski definition) is 2. The van der Waals surface area contributed by atoms with Crippen molar-refractivity contribution < 1.29 is 14.1 Å². The van der Waals surface area contributed by atoms with Crippen molar-refractivity contribution in [3.8, 4) is 0 Å². The van der Waals surface area contributed by atoms with Crippen LogP contribution in [0.1, 0.15) is 36.5 Å². The molecule has 4 heteroatoms. The summed E-state index contributed by atoms with van der Waals surface area (Å²) in [5.41, 5.74) is 4.16. The minimum absolute atomic E-state index is 0.00851. The predicted octanol–water partition coefficient (Wildman–Crippen LogP) is 2.91. The van der Waals surface area contributed by atoms with Crippen LogP contribution in [0.25, 0.3) is 0 Å². The Morgan fingerprint density at radius 1 is 1.17 bits per heavy atom. The minimum Gasteiger partial charge on any atom is -0.326 e. The summed E-state index contributed by atoms with van der Waals surface area (Å²) in [6.07, 6.45) is 0. The van der Waals surface area contributed by atoms with Gasteiger partial charge in [-0.05, 0) is 36.1 Å². The minimum atomic E-state index is -0.241. The molecule has 1 amide bonds. The summed E-state index contributed by atoms with van der Waals surface area (Å²) in [6.45, 7) is 7.30. The van der Waals surface area contributed by atoms with E-state index in [-0.39, 0.29) is 11.7 Å². The van der Waals surface area contributed by atoms with E-state index in [1.165, 1.54) is 12.1 Å². The van der Waals surface area contributed by atoms with Crippen molar-refractivity contribution in [1.29, 1.82) is 0 Å². The average Bonchev–Trinajstić information content (AvgIpc) is 2.51. The fourth-order valence-electron chi connectivity index (χ4n) is 2.81. The molecular weight excluding hydrogens is 303 g/mol. The molecule has 2 aromatic rings. The summed E-state index contributed by atoms with van der Waals surface area (Å²) in [5, 5.41) is 3.07. The van der Waals surface area contributed by atoms with E-state index in [1.54, 1.807) is 12.1 Å². The molecule has 0 saturated heterocycles. The van der Waals surface area contributed by atoms with E-state index in [2.05, 4.69) is 25.2 Å². The smallest absolute Gasteiger partial charge is 0.279 e. The Morgan fingerprint density at radius 3 is 2.46 bits per heavy atom. The Kier molecular flexibility index (Phi) is 6.10. The van der Waals surface area contributed by atoms with Crippen LogP contribution in [-0.4, -0.2) is 19.5 Å². The Labute approximate surface area is 143 Å². The van der Waals surface area contributed by atoms with Crippen molar-refractivity contribution in [2.45, 2.75) is 33.2 Å². The predicted molar refractivity (Wildman–Crippen MR) is 95.8 cm³/mol. The average molecular weight is 329 g/mol. The highest BCUT2D eigenvalue weighted by atomic mass is 19.1. The molecule has 0 aliphatic heterocycles. The van der Waals surface area contributed by atoms with Crippen LogP contribution in [0.4, 0.5) is 10.1 Å². The van der Waals surface area contributed by atoms with Crippen LogP contribution in [0.5, 0.6) is 0 Å². The van der Waals surface area contributed by atoms with Gasteiger partial charge in [0.15, 0.2) is 6.54 Å². The van der Waals surface area contributed by atoms with Gasteiger partial charge in [-0.25, -0.2) is 4.39 Å². The zero-order valence-electron chi connectivity index (χ0n) is 14.8. The molecule has 3 nitrogen and oxygen atoms in total. The number of likely N-dealkylation sites (N-methyl/N-ethyl adjacent to an activating group) is 1. The first kappa shape index (κ1) is 18.1. The molecule has 1 atom stereocenters. The van der Waals surface area contributed by atoms with Gasteiger partial charge in [0.25, 0.3) is 5.91 Å². The molecule has 0 spiro atoms. The molecule has 1 unspecified atom stereocenters. The normalized spacial score (nSPS) is 12.2. The van der Waals surface area contributed by atoms with Crippen molar-refractivity contribution >= 4 is 11.6 Å². The van der Waals surface area contributed by atoms with E-state index in [9.17, 15) is 9.18 Å². The van der Waals surface area contributed by atoms with Gasteiger partial charge in [0, 0.05) is 11.3 Å². The Morgan fingerprint density at radius 2 is 1.83 bits per heavy atom. The van der Waals surface area contributed by atoms with Crippen LogP contribution in [0.3, 0.4) is 0 Å². The first-order chi connectivity index (χ1) is 11.4. The van der Waals surface area contributed by atoms with Gasteiger partial charge in [-0.1, -0.05) is 44.2 Å². The quantitative estimate of drug-likeness (QED) is 0.839. The fraction of sp³-hybridized carbons (Fsp3) is 0.350. The topological polar surface area (TPSA) is 33.5 Å². The molecule has 2 rings (SSSR count). The molecule has 0 radical (unpaired) electrons. The number of carbonyl (C=O) groups excluding carboxylic acids is 1. The number of anilines is 1. The van der Waals surface area contributed by atoms with E-state index in [4.69, 9.17) is 0 Å². The van der Waals surface area contributed by atoms with E-state index in [0.29, 0.717) is 19.0 Å². The zero-order chi connectivity index (χ0) is 17.7. The summed E-state index contributed by atoms with van der Waals surface area (Å²) in [6, 6.07) is 12.5. The summed E-state index contributed by atoms with van der Waals surface area (Å²) in [5.74, 6) is 0.102. The summed E-state index contributed by atoms with van der Waals surface area (Å²) in [7, 11) is 1.96. The lowest BCUT2D eigenvalue weighted by molar-refractivity contribution is -0.885. The molecule has 2 aromatic carbocycles. The second kappa shape index (κ2) is 8.06. The Hall–Kier alpha value is -2.20. The largest absolute Gasteiger partial charge is 0.326 e. The molecule has 2 N–H and O–H groups in total. The first-order valence-corrected chi connectivity index (χ1v) is 8.32. The SMILES string of the molecule is Cc1cccc(C(C)C)c1NC(=O)C[NH+](C)Cc1ccc(F)cc1. The molecule has 0 aliphatic rings. The van der Waals surface area contributed by atoms with Gasteiger partial charge in [-0.15, -0.1) is 0 Å². The number of nitrogens with one attached hydrogen (secondary N) is 2. The highest BCUT2D eigenvalue weighted by molar-refractivity contribution is 5.93.